The van der Waals surface area contributed by atoms with Crippen LogP contribution in [0.2, 0.25) is 0 Å². The maximum atomic E-state index is 13.6. The van der Waals surface area contributed by atoms with E-state index >= 15 is 0 Å². The molecule has 2 aromatic carbocycles. The van der Waals surface area contributed by atoms with Gasteiger partial charge in [-0.25, -0.2) is 9.37 Å². The van der Waals surface area contributed by atoms with Crippen molar-refractivity contribution in [3.8, 4) is 11.3 Å². The van der Waals surface area contributed by atoms with Crippen LogP contribution in [-0.4, -0.2) is 32.9 Å². The summed E-state index contributed by atoms with van der Waals surface area (Å²) in [5, 5.41) is 3.51. The van der Waals surface area contributed by atoms with Crippen molar-refractivity contribution in [2.45, 2.75) is 51.7 Å². The first-order valence-corrected chi connectivity index (χ1v) is 11.7. The highest BCUT2D eigenvalue weighted by Crippen LogP contribution is 2.34. The predicted octanol–water partition coefficient (Wildman–Crippen LogP) is 4.60. The monoisotopic (exact) mass is 447 g/mol. The number of nitrogens with zero attached hydrogens (tertiary/aromatic N) is 3. The average Bonchev–Trinajstić information content (AvgIpc) is 3.15. The molecule has 0 unspecified atom stereocenters. The van der Waals surface area contributed by atoms with Gasteiger partial charge in [0, 0.05) is 24.3 Å². The van der Waals surface area contributed by atoms with Crippen molar-refractivity contribution in [1.82, 2.24) is 14.5 Å². The molecule has 0 bridgehead atoms. The number of nitrogens with two attached hydrogens (primary N) is 1. The summed E-state index contributed by atoms with van der Waals surface area (Å²) in [6.45, 7) is 3.68. The summed E-state index contributed by atoms with van der Waals surface area (Å²) >= 11 is 0. The summed E-state index contributed by atoms with van der Waals surface area (Å²) in [7, 11) is 0. The summed E-state index contributed by atoms with van der Waals surface area (Å²) in [4.78, 5) is 19.7. The number of nitrogens with one attached hydrogen (secondary N) is 1. The molecule has 2 heterocycles. The number of halogens is 1. The molecule has 6 nitrogen and oxygen atoms in total. The molecule has 3 N–H and O–H groups in total. The molecule has 0 radical (unpaired) electrons. The number of imidazole rings is 1. The molecule has 1 aromatic heterocycles. The molecule has 5 rings (SSSR count). The van der Waals surface area contributed by atoms with Crippen molar-refractivity contribution in [3.05, 3.63) is 65.7 Å². The number of aromatic nitrogens is 2. The van der Waals surface area contributed by atoms with Gasteiger partial charge in [-0.2, -0.15) is 0 Å². The third-order valence-electron chi connectivity index (χ3n) is 6.85. The molecule has 1 aliphatic carbocycles. The summed E-state index contributed by atoms with van der Waals surface area (Å²) in [6.07, 6.45) is 4.38. The number of carbonyl (C=O) groups excluding carboxylic acids is 1. The lowest BCUT2D eigenvalue weighted by molar-refractivity contribution is -0.134. The first kappa shape index (κ1) is 21.6. The van der Waals surface area contributed by atoms with Crippen molar-refractivity contribution in [2.75, 3.05) is 11.9 Å². The molecule has 1 amide bonds. The number of amides is 1. The summed E-state index contributed by atoms with van der Waals surface area (Å²) in [5.74, 6) is 1.97. The van der Waals surface area contributed by atoms with Gasteiger partial charge in [0.2, 0.25) is 5.91 Å². The second-order valence-electron chi connectivity index (χ2n) is 9.27. The van der Waals surface area contributed by atoms with E-state index in [0.29, 0.717) is 25.6 Å². The van der Waals surface area contributed by atoms with Gasteiger partial charge in [0.25, 0.3) is 0 Å². The highest BCUT2D eigenvalue weighted by atomic mass is 19.1. The van der Waals surface area contributed by atoms with Gasteiger partial charge >= 0.3 is 0 Å². The van der Waals surface area contributed by atoms with Gasteiger partial charge in [0.1, 0.15) is 23.2 Å². The molecule has 3 aromatic rings. The fourth-order valence-corrected chi connectivity index (χ4v) is 4.65. The van der Waals surface area contributed by atoms with Gasteiger partial charge in [0.15, 0.2) is 0 Å². The Morgan fingerprint density at radius 3 is 2.55 bits per heavy atom. The Labute approximate surface area is 193 Å². The van der Waals surface area contributed by atoms with E-state index in [1.807, 2.05) is 17.0 Å². The fourth-order valence-electron chi connectivity index (χ4n) is 4.65. The molecule has 2 aliphatic rings. The Morgan fingerprint density at radius 1 is 1.15 bits per heavy atom. The molecule has 1 saturated carbocycles. The molecular formula is C26H30FN5O. The normalized spacial score (nSPS) is 16.8. The maximum absolute atomic E-state index is 13.6. The lowest BCUT2D eigenvalue weighted by atomic mass is 9.81. The van der Waals surface area contributed by atoms with Crippen molar-refractivity contribution in [2.24, 2.45) is 11.7 Å². The Hall–Kier alpha value is -3.19. The first-order chi connectivity index (χ1) is 16.0. The van der Waals surface area contributed by atoms with Crippen LogP contribution < -0.4 is 11.1 Å². The Bertz CT molecular complexity index is 1130. The number of hydrogen-bond acceptors (Lipinski definition) is 4. The molecule has 0 saturated heterocycles. The summed E-state index contributed by atoms with van der Waals surface area (Å²) in [6, 6.07) is 14.1. The quantitative estimate of drug-likeness (QED) is 0.579. The van der Waals surface area contributed by atoms with Gasteiger partial charge in [-0.1, -0.05) is 37.0 Å². The van der Waals surface area contributed by atoms with Crippen LogP contribution in [0.1, 0.15) is 37.1 Å². The van der Waals surface area contributed by atoms with E-state index in [2.05, 4.69) is 28.9 Å². The largest absolute Gasteiger partial charge is 0.340 e. The number of aryl methyl sites for hydroxylation is 1. The van der Waals surface area contributed by atoms with E-state index in [0.717, 1.165) is 35.0 Å². The second-order valence-corrected chi connectivity index (χ2v) is 9.27. The van der Waals surface area contributed by atoms with Crippen LogP contribution in [-0.2, 0) is 17.9 Å². The van der Waals surface area contributed by atoms with Gasteiger partial charge in [0.05, 0.1) is 12.6 Å². The van der Waals surface area contributed by atoms with Crippen LogP contribution in [0.15, 0.2) is 48.5 Å². The van der Waals surface area contributed by atoms with Crippen molar-refractivity contribution < 1.29 is 9.18 Å². The second kappa shape index (κ2) is 8.98. The van der Waals surface area contributed by atoms with Crippen LogP contribution in [0.5, 0.6) is 0 Å². The topological polar surface area (TPSA) is 76.2 Å². The van der Waals surface area contributed by atoms with Crippen molar-refractivity contribution in [1.29, 1.82) is 0 Å². The molecule has 7 heteroatoms. The van der Waals surface area contributed by atoms with Gasteiger partial charge in [-0.05, 0) is 55.7 Å². The smallest absolute Gasteiger partial charge is 0.239 e. The van der Waals surface area contributed by atoms with Crippen LogP contribution in [0.25, 0.3) is 11.3 Å². The first-order valence-electron chi connectivity index (χ1n) is 11.7. The summed E-state index contributed by atoms with van der Waals surface area (Å²) in [5.41, 5.74) is 9.98. The van der Waals surface area contributed by atoms with E-state index in [9.17, 15) is 9.18 Å². The Kier molecular flexibility index (Phi) is 5.89. The lowest BCUT2D eigenvalue weighted by Gasteiger charge is -2.33. The predicted molar refractivity (Wildman–Crippen MR) is 127 cm³/mol. The average molecular weight is 448 g/mol. The van der Waals surface area contributed by atoms with Crippen LogP contribution in [0.4, 0.5) is 15.9 Å². The molecule has 33 heavy (non-hydrogen) atoms. The molecule has 1 aliphatic heterocycles. The zero-order chi connectivity index (χ0) is 22.9. The van der Waals surface area contributed by atoms with E-state index in [1.165, 1.54) is 37.0 Å². The van der Waals surface area contributed by atoms with Gasteiger partial charge in [-0.15, -0.1) is 0 Å². The molecular weight excluding hydrogens is 417 g/mol. The van der Waals surface area contributed by atoms with E-state index in [-0.39, 0.29) is 11.7 Å². The zero-order valence-corrected chi connectivity index (χ0v) is 18.9. The number of rotatable bonds is 6. The Morgan fingerprint density at radius 2 is 1.88 bits per heavy atom. The van der Waals surface area contributed by atoms with Gasteiger partial charge in [-0.3, -0.25) is 4.79 Å². The van der Waals surface area contributed by atoms with E-state index < -0.39 is 6.04 Å². The molecule has 172 valence electrons. The number of anilines is 2. The van der Waals surface area contributed by atoms with Crippen LogP contribution >= 0.6 is 0 Å². The fraction of sp³-hybridized carbons (Fsp3) is 0.385. The Balaban J connectivity index is 1.43. The van der Waals surface area contributed by atoms with Crippen LogP contribution in [0.3, 0.4) is 0 Å². The highest BCUT2D eigenvalue weighted by molar-refractivity contribution is 5.82. The zero-order valence-electron chi connectivity index (χ0n) is 18.9. The third kappa shape index (κ3) is 4.50. The van der Waals surface area contributed by atoms with E-state index in [4.69, 9.17) is 10.7 Å². The number of benzene rings is 2. The minimum atomic E-state index is -0.446. The standard InChI is InChI=1S/C26H30FN5O/c1-17-5-11-21(12-6-17)29-25-24(19-7-9-20(27)10-8-19)30-23-16-31(13-14-32(23)25)26(33)22(28)15-18-3-2-4-18/h5-12,18,22,29H,2-4,13-16,28H2,1H3/t22-/m0/s1. The molecule has 1 fully saturated rings. The maximum Gasteiger partial charge on any atom is 0.239 e. The van der Waals surface area contributed by atoms with Crippen LogP contribution in [0, 0.1) is 18.7 Å². The number of hydrogen-bond donors (Lipinski definition) is 2. The lowest BCUT2D eigenvalue weighted by Crippen LogP contribution is -2.48. The molecule has 1 atom stereocenters. The SMILES string of the molecule is Cc1ccc(Nc2c(-c3ccc(F)cc3)nc3n2CCN(C(=O)[C@@H](N)CC2CCC2)C3)cc1. The summed E-state index contributed by atoms with van der Waals surface area (Å²) < 4.78 is 15.7. The number of fused-ring (bicyclic) bond motifs is 1. The van der Waals surface area contributed by atoms with Gasteiger partial charge < -0.3 is 20.5 Å². The van der Waals surface area contributed by atoms with Crippen molar-refractivity contribution >= 4 is 17.4 Å². The minimum absolute atomic E-state index is 0.00697. The highest BCUT2D eigenvalue weighted by Gasteiger charge is 2.31. The minimum Gasteiger partial charge on any atom is -0.340 e. The number of carbonyl (C=O) groups is 1. The molecule has 0 spiro atoms. The third-order valence-corrected chi connectivity index (χ3v) is 6.85. The van der Waals surface area contributed by atoms with Crippen molar-refractivity contribution in [3.63, 3.8) is 0 Å². The van der Waals surface area contributed by atoms with E-state index in [1.54, 1.807) is 12.1 Å².